The molecular weight excluding hydrogens is 348 g/mol. The maximum atomic E-state index is 12.5. The molecule has 1 aromatic heterocycles. The molecule has 0 saturated heterocycles. The van der Waals surface area contributed by atoms with Gasteiger partial charge in [0, 0.05) is 26.2 Å². The van der Waals surface area contributed by atoms with E-state index in [1.165, 1.54) is 11.8 Å². The van der Waals surface area contributed by atoms with Crippen LogP contribution in [0.1, 0.15) is 13.8 Å². The molecule has 1 amide bonds. The number of aromatic nitrogens is 3. The number of allylic oxidation sites excluding steroid dienone is 1. The van der Waals surface area contributed by atoms with Gasteiger partial charge in [0.15, 0.2) is 11.0 Å². The minimum Gasteiger partial charge on any atom is -0.497 e. The summed E-state index contributed by atoms with van der Waals surface area (Å²) >= 11 is 1.45. The zero-order valence-corrected chi connectivity index (χ0v) is 16.8. The van der Waals surface area contributed by atoms with Crippen LogP contribution in [-0.2, 0) is 11.3 Å². The molecule has 1 aromatic carbocycles. The van der Waals surface area contributed by atoms with E-state index in [1.54, 1.807) is 32.2 Å². The van der Waals surface area contributed by atoms with Crippen molar-refractivity contribution in [2.24, 2.45) is 5.92 Å². The van der Waals surface area contributed by atoms with Crippen molar-refractivity contribution in [3.63, 3.8) is 0 Å². The molecule has 0 saturated carbocycles. The van der Waals surface area contributed by atoms with Crippen LogP contribution >= 0.6 is 11.8 Å². The van der Waals surface area contributed by atoms with Crippen molar-refractivity contribution in [1.82, 2.24) is 19.7 Å². The third kappa shape index (κ3) is 4.46. The van der Waals surface area contributed by atoms with Gasteiger partial charge in [0.05, 0.1) is 12.4 Å². The highest BCUT2D eigenvalue weighted by atomic mass is 32.2. The summed E-state index contributed by atoms with van der Waals surface area (Å²) in [5.74, 6) is 1.78. The van der Waals surface area contributed by atoms with E-state index >= 15 is 0 Å². The van der Waals surface area contributed by atoms with E-state index in [-0.39, 0.29) is 17.1 Å². The van der Waals surface area contributed by atoms with Crippen LogP contribution < -0.4 is 4.74 Å². The predicted molar refractivity (Wildman–Crippen MR) is 105 cm³/mol. The monoisotopic (exact) mass is 374 g/mol. The molecule has 1 unspecified atom stereocenters. The fourth-order valence-electron chi connectivity index (χ4n) is 2.46. The summed E-state index contributed by atoms with van der Waals surface area (Å²) in [6.07, 6.45) is 1.80. The van der Waals surface area contributed by atoms with E-state index in [4.69, 9.17) is 4.74 Å². The van der Waals surface area contributed by atoms with Crippen LogP contribution in [0.5, 0.6) is 5.75 Å². The molecule has 1 atom stereocenters. The summed E-state index contributed by atoms with van der Waals surface area (Å²) < 4.78 is 7.19. The maximum Gasteiger partial charge on any atom is 0.235 e. The number of nitrogens with zero attached hydrogens (tertiary/aromatic N) is 4. The third-order valence-electron chi connectivity index (χ3n) is 3.90. The lowest BCUT2D eigenvalue weighted by Crippen LogP contribution is -2.35. The van der Waals surface area contributed by atoms with Crippen LogP contribution in [0.25, 0.3) is 11.4 Å². The van der Waals surface area contributed by atoms with Gasteiger partial charge in [-0.1, -0.05) is 31.7 Å². The molecule has 0 spiro atoms. The van der Waals surface area contributed by atoms with Gasteiger partial charge in [0.25, 0.3) is 0 Å². The van der Waals surface area contributed by atoms with Crippen LogP contribution in [0.4, 0.5) is 0 Å². The first-order valence-corrected chi connectivity index (χ1v) is 9.33. The number of carbonyl (C=O) groups is 1. The van der Waals surface area contributed by atoms with Crippen LogP contribution in [0.2, 0.25) is 0 Å². The van der Waals surface area contributed by atoms with Gasteiger partial charge in [-0.2, -0.15) is 0 Å². The second-order valence-corrected chi connectivity index (χ2v) is 7.56. The number of rotatable bonds is 8. The fourth-order valence-corrected chi connectivity index (χ4v) is 3.65. The highest BCUT2D eigenvalue weighted by Crippen LogP contribution is 2.31. The summed E-state index contributed by atoms with van der Waals surface area (Å²) in [4.78, 5) is 14.1. The molecular formula is C19H26N4O2S. The first kappa shape index (κ1) is 20.0. The summed E-state index contributed by atoms with van der Waals surface area (Å²) in [5.41, 5.74) is 0.937. The Morgan fingerprint density at radius 1 is 1.31 bits per heavy atom. The zero-order chi connectivity index (χ0) is 19.3. The molecule has 1 heterocycles. The van der Waals surface area contributed by atoms with Gasteiger partial charge in [0.2, 0.25) is 5.91 Å². The third-order valence-corrected chi connectivity index (χ3v) is 5.41. The normalized spacial score (nSPS) is 12.1. The SMILES string of the molecule is C=CCn1c(SC(C(=O)N(C)C)C(C)C)nnc1-c1ccc(OC)cc1. The molecule has 0 aliphatic carbocycles. The summed E-state index contributed by atoms with van der Waals surface area (Å²) in [6.45, 7) is 8.48. The fraction of sp³-hybridized carbons (Fsp3) is 0.421. The topological polar surface area (TPSA) is 60.2 Å². The summed E-state index contributed by atoms with van der Waals surface area (Å²) in [6, 6.07) is 7.67. The van der Waals surface area contributed by atoms with E-state index in [0.717, 1.165) is 17.1 Å². The lowest BCUT2D eigenvalue weighted by Gasteiger charge is -2.22. The smallest absolute Gasteiger partial charge is 0.235 e. The van der Waals surface area contributed by atoms with Gasteiger partial charge in [-0.25, -0.2) is 0 Å². The number of hydrogen-bond acceptors (Lipinski definition) is 5. The Balaban J connectivity index is 2.38. The number of thioether (sulfide) groups is 1. The largest absolute Gasteiger partial charge is 0.497 e. The minimum absolute atomic E-state index is 0.0733. The molecule has 0 N–H and O–H groups in total. The Morgan fingerprint density at radius 2 is 1.96 bits per heavy atom. The number of methoxy groups -OCH3 is 1. The molecule has 0 fully saturated rings. The Bertz CT molecular complexity index is 753. The van der Waals surface area contributed by atoms with Crippen molar-refractivity contribution in [1.29, 1.82) is 0 Å². The number of benzene rings is 1. The Hall–Kier alpha value is -2.28. The Kier molecular flexibility index (Phi) is 6.85. The standard InChI is InChI=1S/C19H26N4O2S/c1-7-12-23-17(14-8-10-15(25-6)11-9-14)20-21-19(23)26-16(13(2)3)18(24)22(4)5/h7-11,13,16H,1,12H2,2-6H3. The lowest BCUT2D eigenvalue weighted by molar-refractivity contribution is -0.128. The second kappa shape index (κ2) is 8.89. The molecule has 26 heavy (non-hydrogen) atoms. The van der Waals surface area contributed by atoms with Gasteiger partial charge in [0.1, 0.15) is 5.75 Å². The van der Waals surface area contributed by atoms with Gasteiger partial charge < -0.3 is 9.64 Å². The highest BCUT2D eigenvalue weighted by Gasteiger charge is 2.28. The number of amides is 1. The van der Waals surface area contributed by atoms with Crippen molar-refractivity contribution in [2.75, 3.05) is 21.2 Å². The minimum atomic E-state index is -0.221. The average molecular weight is 375 g/mol. The Morgan fingerprint density at radius 3 is 2.46 bits per heavy atom. The van der Waals surface area contributed by atoms with E-state index in [9.17, 15) is 4.79 Å². The van der Waals surface area contributed by atoms with Crippen molar-refractivity contribution in [3.8, 4) is 17.1 Å². The van der Waals surface area contributed by atoms with Crippen LogP contribution in [0.3, 0.4) is 0 Å². The number of ether oxygens (including phenoxy) is 1. The molecule has 140 valence electrons. The number of carbonyl (C=O) groups excluding carboxylic acids is 1. The van der Waals surface area contributed by atoms with Crippen molar-refractivity contribution in [3.05, 3.63) is 36.9 Å². The number of hydrogen-bond donors (Lipinski definition) is 0. The highest BCUT2D eigenvalue weighted by molar-refractivity contribution is 8.00. The molecule has 0 aliphatic heterocycles. The molecule has 0 aliphatic rings. The summed E-state index contributed by atoms with van der Waals surface area (Å²) in [7, 11) is 5.18. The predicted octanol–water partition coefficient (Wildman–Crippen LogP) is 3.34. The van der Waals surface area contributed by atoms with Crippen LogP contribution in [0, 0.1) is 5.92 Å². The zero-order valence-electron chi connectivity index (χ0n) is 16.0. The molecule has 6 nitrogen and oxygen atoms in total. The average Bonchev–Trinajstić information content (AvgIpc) is 3.01. The van der Waals surface area contributed by atoms with Crippen molar-refractivity contribution in [2.45, 2.75) is 30.8 Å². The molecule has 2 aromatic rings. The van der Waals surface area contributed by atoms with E-state index in [1.807, 2.05) is 42.7 Å². The van der Waals surface area contributed by atoms with Crippen molar-refractivity contribution >= 4 is 17.7 Å². The van der Waals surface area contributed by atoms with E-state index in [0.29, 0.717) is 11.7 Å². The Labute approximate surface area is 159 Å². The maximum absolute atomic E-state index is 12.5. The first-order valence-electron chi connectivity index (χ1n) is 8.45. The van der Waals surface area contributed by atoms with Crippen LogP contribution in [-0.4, -0.2) is 52.0 Å². The molecule has 7 heteroatoms. The van der Waals surface area contributed by atoms with Gasteiger partial charge >= 0.3 is 0 Å². The van der Waals surface area contributed by atoms with E-state index < -0.39 is 0 Å². The molecule has 2 rings (SSSR count). The quantitative estimate of drug-likeness (QED) is 0.524. The summed E-state index contributed by atoms with van der Waals surface area (Å²) in [5, 5.41) is 9.19. The van der Waals surface area contributed by atoms with Gasteiger partial charge in [-0.3, -0.25) is 9.36 Å². The molecule has 0 radical (unpaired) electrons. The van der Waals surface area contributed by atoms with Gasteiger partial charge in [-0.15, -0.1) is 16.8 Å². The molecule has 0 bridgehead atoms. The lowest BCUT2D eigenvalue weighted by atomic mass is 10.1. The van der Waals surface area contributed by atoms with E-state index in [2.05, 4.69) is 16.8 Å². The van der Waals surface area contributed by atoms with Crippen LogP contribution in [0.15, 0.2) is 42.1 Å². The second-order valence-electron chi connectivity index (χ2n) is 6.45. The first-order chi connectivity index (χ1) is 12.4. The van der Waals surface area contributed by atoms with Gasteiger partial charge in [-0.05, 0) is 30.2 Å². The van der Waals surface area contributed by atoms with Crippen molar-refractivity contribution < 1.29 is 9.53 Å².